The minimum Gasteiger partial charge on any atom is -0.352 e. The van der Waals surface area contributed by atoms with Crippen LogP contribution in [0, 0.1) is 0 Å². The Bertz CT molecular complexity index is 647. The van der Waals surface area contributed by atoms with Crippen molar-refractivity contribution in [1.29, 1.82) is 0 Å². The van der Waals surface area contributed by atoms with E-state index in [1.807, 2.05) is 0 Å². The summed E-state index contributed by atoms with van der Waals surface area (Å²) in [5.41, 5.74) is 1.79. The van der Waals surface area contributed by atoms with Crippen molar-refractivity contribution in [3.63, 3.8) is 0 Å². The Hall–Kier alpha value is -1.62. The molecule has 1 N–H and O–H groups in total. The average Bonchev–Trinajstić information content (AvgIpc) is 2.47. The lowest BCUT2D eigenvalue weighted by Gasteiger charge is -2.13. The molecule has 0 aliphatic heterocycles. The summed E-state index contributed by atoms with van der Waals surface area (Å²) in [5, 5.41) is 2.85. The van der Waals surface area contributed by atoms with Gasteiger partial charge >= 0.3 is 0 Å². The van der Waals surface area contributed by atoms with Gasteiger partial charge in [-0.1, -0.05) is 17.7 Å². The fraction of sp³-hybridized carbons (Fsp3) is 0.438. The molecule has 0 atom stereocenters. The fourth-order valence-corrected chi connectivity index (χ4v) is 3.11. The topological polar surface area (TPSA) is 63.2 Å². The molecule has 0 radical (unpaired) electrons. The number of benzene rings is 1. The summed E-state index contributed by atoms with van der Waals surface area (Å²) >= 11 is 0. The first-order valence-electron chi connectivity index (χ1n) is 7.23. The third-order valence-electron chi connectivity index (χ3n) is 3.64. The largest absolute Gasteiger partial charge is 0.352 e. The van der Waals surface area contributed by atoms with Crippen LogP contribution in [-0.4, -0.2) is 27.1 Å². The smallest absolute Gasteiger partial charge is 0.251 e. The van der Waals surface area contributed by atoms with E-state index in [1.54, 1.807) is 12.1 Å². The normalized spacial score (nSPS) is 15.4. The number of hydrogen-bond acceptors (Lipinski definition) is 3. The second-order valence-corrected chi connectivity index (χ2v) is 7.43. The summed E-state index contributed by atoms with van der Waals surface area (Å²) in [6.45, 7) is 0.591. The number of sulfone groups is 1. The number of allylic oxidation sites excluding steroid dienone is 1. The maximum Gasteiger partial charge on any atom is 0.251 e. The molecule has 4 nitrogen and oxygen atoms in total. The summed E-state index contributed by atoms with van der Waals surface area (Å²) in [5.74, 6) is -0.225. The molecule has 1 aliphatic carbocycles. The lowest BCUT2D eigenvalue weighted by molar-refractivity contribution is 0.0954. The van der Waals surface area contributed by atoms with E-state index >= 15 is 0 Å². The Morgan fingerprint density at radius 1 is 1.29 bits per heavy atom. The van der Waals surface area contributed by atoms with Gasteiger partial charge in [0.15, 0.2) is 9.84 Å². The molecule has 5 heteroatoms. The Morgan fingerprint density at radius 3 is 2.76 bits per heavy atom. The monoisotopic (exact) mass is 307 g/mol. The van der Waals surface area contributed by atoms with E-state index < -0.39 is 9.84 Å². The average molecular weight is 307 g/mol. The molecule has 0 bridgehead atoms. The van der Waals surface area contributed by atoms with Gasteiger partial charge in [0.1, 0.15) is 0 Å². The Kier molecular flexibility index (Phi) is 5.17. The predicted octanol–water partition coefficient (Wildman–Crippen LogP) is 2.71. The van der Waals surface area contributed by atoms with Crippen LogP contribution in [0.3, 0.4) is 0 Å². The van der Waals surface area contributed by atoms with E-state index in [0.717, 1.165) is 25.5 Å². The lowest BCUT2D eigenvalue weighted by atomic mass is 9.97. The molecule has 0 aromatic heterocycles. The molecule has 0 saturated carbocycles. The zero-order chi connectivity index (χ0) is 15.3. The predicted molar refractivity (Wildman–Crippen MR) is 83.1 cm³/mol. The molecule has 0 heterocycles. The van der Waals surface area contributed by atoms with Crippen molar-refractivity contribution >= 4 is 15.7 Å². The van der Waals surface area contributed by atoms with Gasteiger partial charge in [-0.25, -0.2) is 8.42 Å². The second-order valence-electron chi connectivity index (χ2n) is 5.41. The summed E-state index contributed by atoms with van der Waals surface area (Å²) < 4.78 is 23.0. The molecule has 0 spiro atoms. The van der Waals surface area contributed by atoms with E-state index in [0.29, 0.717) is 12.1 Å². The molecule has 21 heavy (non-hydrogen) atoms. The number of rotatable bonds is 5. The highest BCUT2D eigenvalue weighted by molar-refractivity contribution is 7.90. The van der Waals surface area contributed by atoms with Gasteiger partial charge in [0.05, 0.1) is 4.90 Å². The van der Waals surface area contributed by atoms with E-state index in [4.69, 9.17) is 0 Å². The number of carbonyl (C=O) groups excluding carboxylic acids is 1. The minimum absolute atomic E-state index is 0.171. The van der Waals surface area contributed by atoms with Crippen molar-refractivity contribution in [2.75, 3.05) is 12.8 Å². The van der Waals surface area contributed by atoms with Crippen LogP contribution in [0.5, 0.6) is 0 Å². The zero-order valence-corrected chi connectivity index (χ0v) is 13.1. The van der Waals surface area contributed by atoms with Gasteiger partial charge in [-0.3, -0.25) is 4.79 Å². The molecular formula is C16H21NO3S. The van der Waals surface area contributed by atoms with Crippen LogP contribution in [0.4, 0.5) is 0 Å². The quantitative estimate of drug-likeness (QED) is 0.851. The first-order valence-corrected chi connectivity index (χ1v) is 9.12. The van der Waals surface area contributed by atoms with Gasteiger partial charge < -0.3 is 5.32 Å². The van der Waals surface area contributed by atoms with Crippen molar-refractivity contribution in [1.82, 2.24) is 5.32 Å². The molecule has 1 aromatic carbocycles. The maximum atomic E-state index is 12.0. The number of nitrogens with one attached hydrogen (secondary N) is 1. The molecule has 2 rings (SSSR count). The molecule has 1 aliphatic rings. The van der Waals surface area contributed by atoms with E-state index in [1.165, 1.54) is 30.5 Å². The van der Waals surface area contributed by atoms with Gasteiger partial charge in [0.25, 0.3) is 5.91 Å². The van der Waals surface area contributed by atoms with Gasteiger partial charge in [-0.05, 0) is 50.3 Å². The highest BCUT2D eigenvalue weighted by Gasteiger charge is 2.11. The SMILES string of the molecule is CS(=O)(=O)c1cccc(C(=O)NCCC2=CCCCC2)c1. The molecular weight excluding hydrogens is 286 g/mol. The number of carbonyl (C=O) groups is 1. The van der Waals surface area contributed by atoms with E-state index in [9.17, 15) is 13.2 Å². The zero-order valence-electron chi connectivity index (χ0n) is 12.3. The Labute approximate surface area is 126 Å². The summed E-state index contributed by atoms with van der Waals surface area (Å²) in [6.07, 6.45) is 9.03. The fourth-order valence-electron chi connectivity index (χ4n) is 2.44. The Morgan fingerprint density at radius 2 is 2.10 bits per heavy atom. The van der Waals surface area contributed by atoms with Gasteiger partial charge in [0, 0.05) is 18.4 Å². The highest BCUT2D eigenvalue weighted by Crippen LogP contribution is 2.19. The summed E-state index contributed by atoms with van der Waals surface area (Å²) in [4.78, 5) is 12.2. The molecule has 1 aromatic rings. The van der Waals surface area contributed by atoms with Crippen LogP contribution in [0.25, 0.3) is 0 Å². The van der Waals surface area contributed by atoms with Crippen molar-refractivity contribution in [3.05, 3.63) is 41.5 Å². The van der Waals surface area contributed by atoms with E-state index in [2.05, 4.69) is 11.4 Å². The van der Waals surface area contributed by atoms with Crippen molar-refractivity contribution < 1.29 is 13.2 Å². The van der Waals surface area contributed by atoms with Crippen molar-refractivity contribution in [3.8, 4) is 0 Å². The van der Waals surface area contributed by atoms with Gasteiger partial charge in [-0.2, -0.15) is 0 Å². The third kappa shape index (κ3) is 4.70. The molecule has 0 saturated heterocycles. The molecule has 114 valence electrons. The number of hydrogen-bond donors (Lipinski definition) is 1. The second kappa shape index (κ2) is 6.89. The summed E-state index contributed by atoms with van der Waals surface area (Å²) in [6, 6.07) is 6.14. The minimum atomic E-state index is -3.29. The van der Waals surface area contributed by atoms with E-state index in [-0.39, 0.29) is 10.8 Å². The molecule has 0 unspecified atom stereocenters. The standard InChI is InChI=1S/C16H21NO3S/c1-21(19,20)15-9-5-8-14(12-15)16(18)17-11-10-13-6-3-2-4-7-13/h5-6,8-9,12H,2-4,7,10-11H2,1H3,(H,17,18). The Balaban J connectivity index is 1.93. The van der Waals surface area contributed by atoms with Gasteiger partial charge in [0.2, 0.25) is 0 Å². The van der Waals surface area contributed by atoms with Crippen molar-refractivity contribution in [2.24, 2.45) is 0 Å². The number of amides is 1. The van der Waals surface area contributed by atoms with Crippen molar-refractivity contribution in [2.45, 2.75) is 37.0 Å². The van der Waals surface area contributed by atoms with Crippen LogP contribution in [0.1, 0.15) is 42.5 Å². The highest BCUT2D eigenvalue weighted by atomic mass is 32.2. The van der Waals surface area contributed by atoms with Crippen LogP contribution < -0.4 is 5.32 Å². The lowest BCUT2D eigenvalue weighted by Crippen LogP contribution is -2.25. The van der Waals surface area contributed by atoms with Crippen LogP contribution >= 0.6 is 0 Å². The third-order valence-corrected chi connectivity index (χ3v) is 4.75. The van der Waals surface area contributed by atoms with Crippen LogP contribution in [0.15, 0.2) is 40.8 Å². The first kappa shape index (κ1) is 15.8. The molecule has 1 amide bonds. The van der Waals surface area contributed by atoms with Crippen LogP contribution in [-0.2, 0) is 9.84 Å². The summed E-state index contributed by atoms with van der Waals surface area (Å²) in [7, 11) is -3.29. The van der Waals surface area contributed by atoms with Gasteiger partial charge in [-0.15, -0.1) is 0 Å². The maximum absolute atomic E-state index is 12.0. The van der Waals surface area contributed by atoms with Crippen LogP contribution in [0.2, 0.25) is 0 Å². The first-order chi connectivity index (χ1) is 9.97. The molecule has 0 fully saturated rings.